The SMILES string of the molecule is COc1cc(C=C2CN(C)CC(=Cc3cc(OC)c(OC)c(OC)c3Br)C2=NO)c(Br)c(OC)c1OC. The Labute approximate surface area is 233 Å². The molecule has 1 fully saturated rings. The largest absolute Gasteiger partial charge is 0.493 e. The molecule has 0 aromatic heterocycles. The molecular weight excluding hydrogens is 612 g/mol. The van der Waals surface area contributed by atoms with E-state index in [2.05, 4.69) is 41.9 Å². The fourth-order valence-electron chi connectivity index (χ4n) is 4.22. The highest BCUT2D eigenvalue weighted by atomic mass is 79.9. The summed E-state index contributed by atoms with van der Waals surface area (Å²) in [4.78, 5) is 2.12. The number of piperidine rings is 1. The molecule has 0 bridgehead atoms. The van der Waals surface area contributed by atoms with Gasteiger partial charge >= 0.3 is 0 Å². The molecule has 3 rings (SSSR count). The average Bonchev–Trinajstić information content (AvgIpc) is 2.89. The monoisotopic (exact) mass is 640 g/mol. The molecular formula is C26H30Br2N2O7. The summed E-state index contributed by atoms with van der Waals surface area (Å²) in [6.45, 7) is 1.10. The van der Waals surface area contributed by atoms with Gasteiger partial charge in [0.1, 0.15) is 5.71 Å². The van der Waals surface area contributed by atoms with Crippen LogP contribution in [0, 0.1) is 0 Å². The number of ether oxygens (including phenoxy) is 6. The van der Waals surface area contributed by atoms with Crippen molar-refractivity contribution in [1.82, 2.24) is 4.90 Å². The smallest absolute Gasteiger partial charge is 0.204 e. The van der Waals surface area contributed by atoms with Gasteiger partial charge in [-0.3, -0.25) is 4.90 Å². The van der Waals surface area contributed by atoms with Crippen molar-refractivity contribution in [3.05, 3.63) is 43.4 Å². The molecule has 37 heavy (non-hydrogen) atoms. The van der Waals surface area contributed by atoms with Gasteiger partial charge in [0.2, 0.25) is 11.5 Å². The fraction of sp³-hybridized carbons (Fsp3) is 0.346. The summed E-state index contributed by atoms with van der Waals surface area (Å²) < 4.78 is 34.5. The van der Waals surface area contributed by atoms with Crippen molar-refractivity contribution in [3.8, 4) is 34.5 Å². The van der Waals surface area contributed by atoms with Gasteiger partial charge < -0.3 is 33.6 Å². The van der Waals surface area contributed by atoms with Gasteiger partial charge in [-0.1, -0.05) is 5.16 Å². The maximum Gasteiger partial charge on any atom is 0.204 e. The first-order valence-corrected chi connectivity index (χ1v) is 12.7. The molecule has 1 aliphatic rings. The van der Waals surface area contributed by atoms with Crippen LogP contribution in [0.3, 0.4) is 0 Å². The topological polar surface area (TPSA) is 91.2 Å². The number of hydrogen-bond acceptors (Lipinski definition) is 9. The normalized spacial score (nSPS) is 16.1. The zero-order chi connectivity index (χ0) is 27.3. The number of oxime groups is 1. The number of benzene rings is 2. The molecule has 200 valence electrons. The van der Waals surface area contributed by atoms with Crippen molar-refractivity contribution >= 4 is 49.7 Å². The Balaban J connectivity index is 2.18. The van der Waals surface area contributed by atoms with E-state index in [-0.39, 0.29) is 0 Å². The minimum atomic E-state index is 0.458. The van der Waals surface area contributed by atoms with Crippen LogP contribution in [0.4, 0.5) is 0 Å². The predicted molar refractivity (Wildman–Crippen MR) is 150 cm³/mol. The number of likely N-dealkylation sites (tertiary alicyclic amines) is 1. The zero-order valence-electron chi connectivity index (χ0n) is 21.8. The lowest BCUT2D eigenvalue weighted by Gasteiger charge is -2.28. The van der Waals surface area contributed by atoms with Crippen molar-refractivity contribution in [2.45, 2.75) is 0 Å². The Hall–Kier alpha value is -2.89. The number of nitrogens with zero attached hydrogens (tertiary/aromatic N) is 2. The second kappa shape index (κ2) is 12.6. The van der Waals surface area contributed by atoms with E-state index in [0.717, 1.165) is 22.3 Å². The van der Waals surface area contributed by atoms with Crippen LogP contribution in [0.15, 0.2) is 37.4 Å². The van der Waals surface area contributed by atoms with Gasteiger partial charge in [0.05, 0.1) is 51.6 Å². The third kappa shape index (κ3) is 5.68. The lowest BCUT2D eigenvalue weighted by molar-refractivity contribution is 0.315. The van der Waals surface area contributed by atoms with Crippen LogP contribution < -0.4 is 28.4 Å². The molecule has 1 aliphatic heterocycles. The van der Waals surface area contributed by atoms with Crippen molar-refractivity contribution < 1.29 is 33.6 Å². The van der Waals surface area contributed by atoms with Gasteiger partial charge in [0.25, 0.3) is 0 Å². The van der Waals surface area contributed by atoms with Crippen LogP contribution in [0.2, 0.25) is 0 Å². The van der Waals surface area contributed by atoms with E-state index in [1.165, 1.54) is 0 Å². The summed E-state index contributed by atoms with van der Waals surface area (Å²) >= 11 is 7.24. The van der Waals surface area contributed by atoms with Crippen LogP contribution in [0.1, 0.15) is 11.1 Å². The maximum atomic E-state index is 10.1. The van der Waals surface area contributed by atoms with Crippen molar-refractivity contribution in [1.29, 1.82) is 0 Å². The van der Waals surface area contributed by atoms with E-state index >= 15 is 0 Å². The van der Waals surface area contributed by atoms with Crippen LogP contribution >= 0.6 is 31.9 Å². The lowest BCUT2D eigenvalue weighted by Crippen LogP contribution is -2.34. The van der Waals surface area contributed by atoms with Gasteiger partial charge in [0.15, 0.2) is 23.0 Å². The first-order chi connectivity index (χ1) is 17.8. The highest BCUT2D eigenvalue weighted by Crippen LogP contribution is 2.47. The predicted octanol–water partition coefficient (Wildman–Crippen LogP) is 5.51. The first kappa shape index (κ1) is 28.7. The molecule has 9 nitrogen and oxygen atoms in total. The Kier molecular flexibility index (Phi) is 9.74. The number of likely N-dealkylation sites (N-methyl/N-ethyl adjacent to an activating group) is 1. The molecule has 0 spiro atoms. The Morgan fingerprint density at radius 2 is 1.08 bits per heavy atom. The van der Waals surface area contributed by atoms with E-state index in [0.29, 0.717) is 62.2 Å². The fourth-order valence-corrected chi connectivity index (χ4v) is 5.36. The molecule has 0 atom stereocenters. The van der Waals surface area contributed by atoms with Gasteiger partial charge in [-0.15, -0.1) is 0 Å². The summed E-state index contributed by atoms with van der Waals surface area (Å²) in [5, 5.41) is 13.8. The summed E-state index contributed by atoms with van der Waals surface area (Å²) in [6.07, 6.45) is 3.86. The standard InChI is InChI=1S/C26H30Br2N2O7/c1-30-12-16(8-14-10-18(32-2)23(34-4)25(36-6)20(14)27)22(29-31)17(13-30)9-15-11-19(33-3)24(35-5)26(37-7)21(15)28/h8-11,31H,12-13H2,1-7H3. The second-order valence-corrected chi connectivity index (χ2v) is 9.64. The van der Waals surface area contributed by atoms with E-state index in [4.69, 9.17) is 28.4 Å². The van der Waals surface area contributed by atoms with Gasteiger partial charge in [-0.25, -0.2) is 0 Å². The molecule has 0 amide bonds. The summed E-state index contributed by atoms with van der Waals surface area (Å²) in [6, 6.07) is 3.67. The molecule has 0 saturated carbocycles. The Bertz CT molecular complexity index is 1170. The third-order valence-corrected chi connectivity index (χ3v) is 7.48. The molecule has 1 N–H and O–H groups in total. The van der Waals surface area contributed by atoms with Crippen LogP contribution in [0.5, 0.6) is 34.5 Å². The molecule has 0 unspecified atom stereocenters. The maximum absolute atomic E-state index is 10.1. The average molecular weight is 642 g/mol. The van der Waals surface area contributed by atoms with E-state index in [9.17, 15) is 5.21 Å². The summed E-state index contributed by atoms with van der Waals surface area (Å²) in [5.41, 5.74) is 3.59. The van der Waals surface area contributed by atoms with Crippen LogP contribution in [-0.2, 0) is 0 Å². The minimum absolute atomic E-state index is 0.458. The van der Waals surface area contributed by atoms with E-state index in [1.807, 2.05) is 31.3 Å². The minimum Gasteiger partial charge on any atom is -0.493 e. The quantitative estimate of drug-likeness (QED) is 0.298. The third-order valence-electron chi connectivity index (χ3n) is 5.84. The number of methoxy groups -OCH3 is 6. The molecule has 0 aliphatic carbocycles. The van der Waals surface area contributed by atoms with Gasteiger partial charge in [-0.05, 0) is 85.5 Å². The Morgan fingerprint density at radius 3 is 1.38 bits per heavy atom. The highest BCUT2D eigenvalue weighted by Gasteiger charge is 2.26. The van der Waals surface area contributed by atoms with Crippen LogP contribution in [0.25, 0.3) is 12.2 Å². The lowest BCUT2D eigenvalue weighted by atomic mass is 9.93. The highest BCUT2D eigenvalue weighted by molar-refractivity contribution is 9.11. The Morgan fingerprint density at radius 1 is 0.703 bits per heavy atom. The van der Waals surface area contributed by atoms with Crippen molar-refractivity contribution in [2.75, 3.05) is 62.8 Å². The first-order valence-electron chi connectivity index (χ1n) is 11.1. The summed E-state index contributed by atoms with van der Waals surface area (Å²) in [5.74, 6) is 2.97. The molecule has 11 heteroatoms. The van der Waals surface area contributed by atoms with Crippen LogP contribution in [-0.4, -0.2) is 78.6 Å². The molecule has 2 aromatic carbocycles. The number of halogens is 2. The van der Waals surface area contributed by atoms with Gasteiger partial charge in [0, 0.05) is 13.1 Å². The zero-order valence-corrected chi connectivity index (χ0v) is 24.9. The van der Waals surface area contributed by atoms with Crippen molar-refractivity contribution in [2.24, 2.45) is 5.16 Å². The number of hydrogen-bond donors (Lipinski definition) is 1. The van der Waals surface area contributed by atoms with Crippen molar-refractivity contribution in [3.63, 3.8) is 0 Å². The van der Waals surface area contributed by atoms with Gasteiger partial charge in [-0.2, -0.15) is 0 Å². The summed E-state index contributed by atoms with van der Waals surface area (Å²) in [7, 11) is 11.3. The molecule has 2 aromatic rings. The molecule has 1 saturated heterocycles. The number of rotatable bonds is 8. The van der Waals surface area contributed by atoms with E-state index < -0.39 is 0 Å². The molecule has 1 heterocycles. The van der Waals surface area contributed by atoms with E-state index in [1.54, 1.807) is 42.7 Å². The molecule has 0 radical (unpaired) electrons. The second-order valence-electron chi connectivity index (χ2n) is 8.06.